The van der Waals surface area contributed by atoms with Gasteiger partial charge in [0.25, 0.3) is 17.7 Å². The molecule has 1 atom stereocenters. The second-order valence-electron chi connectivity index (χ2n) is 6.66. The minimum absolute atomic E-state index is 0.0430. The van der Waals surface area contributed by atoms with Gasteiger partial charge < -0.3 is 0 Å². The Balaban J connectivity index is 1.67. The molecule has 0 aliphatic carbocycles. The molecule has 30 heavy (non-hydrogen) atoms. The van der Waals surface area contributed by atoms with Gasteiger partial charge in [0.05, 0.1) is 23.0 Å². The van der Waals surface area contributed by atoms with E-state index in [-0.39, 0.29) is 16.6 Å². The number of thiocarbonyl (C=S) groups is 1. The Kier molecular flexibility index (Phi) is 5.19. The van der Waals surface area contributed by atoms with Crippen molar-refractivity contribution in [1.29, 1.82) is 0 Å². The average molecular weight is 439 g/mol. The van der Waals surface area contributed by atoms with E-state index in [4.69, 9.17) is 23.8 Å². The summed E-state index contributed by atoms with van der Waals surface area (Å²) in [5, 5.41) is 8.52. The second-order valence-corrected chi connectivity index (χ2v) is 7.48. The predicted molar refractivity (Wildman–Crippen MR) is 118 cm³/mol. The molecule has 0 saturated carbocycles. The molecule has 0 radical (unpaired) electrons. The Morgan fingerprint density at radius 2 is 1.70 bits per heavy atom. The van der Waals surface area contributed by atoms with Crippen LogP contribution >= 0.6 is 23.8 Å². The van der Waals surface area contributed by atoms with Crippen LogP contribution in [0.4, 0.5) is 11.4 Å². The molecule has 0 bridgehead atoms. The quantitative estimate of drug-likeness (QED) is 0.453. The Hall–Kier alpha value is -3.36. The summed E-state index contributed by atoms with van der Waals surface area (Å²) in [5.74, 6) is -2.47. The van der Waals surface area contributed by atoms with Gasteiger partial charge in [-0.15, -0.1) is 0 Å². The van der Waals surface area contributed by atoms with E-state index in [1.54, 1.807) is 55.5 Å². The third-order valence-corrected chi connectivity index (χ3v) is 5.24. The number of anilines is 2. The van der Waals surface area contributed by atoms with Crippen molar-refractivity contribution in [3.8, 4) is 0 Å². The molecule has 4 rings (SSSR count). The van der Waals surface area contributed by atoms with Gasteiger partial charge in [-0.05, 0) is 61.6 Å². The van der Waals surface area contributed by atoms with Crippen molar-refractivity contribution in [2.45, 2.75) is 6.92 Å². The standard InChI is InChI=1S/C21H15ClN4O3S/c1-12-16(20(29)26(24-12)15-5-3-2-4-6-15)11-17-18(27)23-21(30)25(19(17)28)14-9-7-13(22)8-10-14/h2-11,16H,1H3,(H,23,27,30)/b17-11-. The van der Waals surface area contributed by atoms with Crippen LogP contribution in [0.15, 0.2) is 71.3 Å². The molecule has 1 N–H and O–H groups in total. The summed E-state index contributed by atoms with van der Waals surface area (Å²) < 4.78 is 0. The maximum Gasteiger partial charge on any atom is 0.269 e. The van der Waals surface area contributed by atoms with Crippen LogP contribution in [0.25, 0.3) is 0 Å². The van der Waals surface area contributed by atoms with Crippen molar-refractivity contribution in [2.75, 3.05) is 9.91 Å². The molecule has 1 unspecified atom stereocenters. The summed E-state index contributed by atoms with van der Waals surface area (Å²) in [6, 6.07) is 15.4. The molecule has 0 aromatic heterocycles. The van der Waals surface area contributed by atoms with Gasteiger partial charge in [0.15, 0.2) is 5.11 Å². The lowest BCUT2D eigenvalue weighted by atomic mass is 9.98. The Bertz CT molecular complexity index is 1130. The molecule has 9 heteroatoms. The van der Waals surface area contributed by atoms with E-state index in [0.29, 0.717) is 22.1 Å². The molecule has 3 amide bonds. The van der Waals surface area contributed by atoms with Crippen molar-refractivity contribution in [3.05, 3.63) is 71.3 Å². The lowest BCUT2D eigenvalue weighted by molar-refractivity contribution is -0.122. The summed E-state index contributed by atoms with van der Waals surface area (Å²) >= 11 is 11.1. The van der Waals surface area contributed by atoms with Gasteiger partial charge in [0.2, 0.25) is 0 Å². The summed E-state index contributed by atoms with van der Waals surface area (Å²) in [4.78, 5) is 39.7. The van der Waals surface area contributed by atoms with E-state index in [0.717, 1.165) is 0 Å². The Morgan fingerprint density at radius 3 is 2.37 bits per heavy atom. The molecular weight excluding hydrogens is 424 g/mol. The average Bonchev–Trinajstić information content (AvgIpc) is 3.01. The number of carbonyl (C=O) groups excluding carboxylic acids is 3. The fourth-order valence-electron chi connectivity index (χ4n) is 3.19. The summed E-state index contributed by atoms with van der Waals surface area (Å²) in [6.07, 6.45) is 1.34. The fourth-order valence-corrected chi connectivity index (χ4v) is 3.60. The Morgan fingerprint density at radius 1 is 1.03 bits per heavy atom. The highest BCUT2D eigenvalue weighted by atomic mass is 35.5. The topological polar surface area (TPSA) is 82.1 Å². The summed E-state index contributed by atoms with van der Waals surface area (Å²) in [7, 11) is 0. The smallest absolute Gasteiger partial charge is 0.269 e. The maximum atomic E-state index is 13.1. The van der Waals surface area contributed by atoms with Crippen LogP contribution < -0.4 is 15.2 Å². The van der Waals surface area contributed by atoms with Crippen molar-refractivity contribution >= 4 is 63.7 Å². The maximum absolute atomic E-state index is 13.1. The van der Waals surface area contributed by atoms with Gasteiger partial charge in [0.1, 0.15) is 5.57 Å². The van der Waals surface area contributed by atoms with E-state index in [9.17, 15) is 14.4 Å². The van der Waals surface area contributed by atoms with Gasteiger partial charge in [-0.3, -0.25) is 24.6 Å². The third kappa shape index (κ3) is 3.51. The number of hydrazone groups is 1. The number of para-hydroxylation sites is 1. The number of hydrogen-bond donors (Lipinski definition) is 1. The highest BCUT2D eigenvalue weighted by Gasteiger charge is 2.39. The summed E-state index contributed by atoms with van der Waals surface area (Å²) in [6.45, 7) is 1.68. The van der Waals surface area contributed by atoms with Crippen LogP contribution in [0.2, 0.25) is 5.02 Å². The third-order valence-electron chi connectivity index (χ3n) is 4.70. The van der Waals surface area contributed by atoms with Crippen LogP contribution in [0.3, 0.4) is 0 Å². The van der Waals surface area contributed by atoms with Crippen molar-refractivity contribution in [1.82, 2.24) is 5.32 Å². The van der Waals surface area contributed by atoms with E-state index in [2.05, 4.69) is 10.4 Å². The fraction of sp³-hybridized carbons (Fsp3) is 0.0952. The zero-order chi connectivity index (χ0) is 21.4. The van der Waals surface area contributed by atoms with Gasteiger partial charge in [-0.2, -0.15) is 10.1 Å². The molecule has 1 saturated heterocycles. The molecule has 0 spiro atoms. The molecule has 2 aromatic rings. The van der Waals surface area contributed by atoms with Crippen molar-refractivity contribution in [3.63, 3.8) is 0 Å². The number of nitrogens with one attached hydrogen (secondary N) is 1. The largest absolute Gasteiger partial charge is 0.298 e. The highest BCUT2D eigenvalue weighted by molar-refractivity contribution is 7.80. The van der Waals surface area contributed by atoms with E-state index in [1.165, 1.54) is 16.0 Å². The normalized spacial score (nSPS) is 20.7. The van der Waals surface area contributed by atoms with E-state index < -0.39 is 17.7 Å². The first-order valence-corrected chi connectivity index (χ1v) is 9.76. The van der Waals surface area contributed by atoms with Gasteiger partial charge in [-0.25, -0.2) is 0 Å². The first-order valence-electron chi connectivity index (χ1n) is 8.98. The SMILES string of the molecule is CC1=NN(c2ccccc2)C(=O)C1/C=C1/C(=O)NC(=S)N(c2ccc(Cl)cc2)C1=O. The molecule has 2 aliphatic heterocycles. The minimum Gasteiger partial charge on any atom is -0.298 e. The molecular formula is C21H15ClN4O3S. The van der Waals surface area contributed by atoms with Crippen LogP contribution in [0.5, 0.6) is 0 Å². The van der Waals surface area contributed by atoms with Gasteiger partial charge in [0, 0.05) is 5.02 Å². The predicted octanol–water partition coefficient (Wildman–Crippen LogP) is 3.05. The van der Waals surface area contributed by atoms with Gasteiger partial charge >= 0.3 is 0 Å². The summed E-state index contributed by atoms with van der Waals surface area (Å²) in [5.41, 5.74) is 1.35. The first-order chi connectivity index (χ1) is 14.4. The first kappa shape index (κ1) is 19.9. The minimum atomic E-state index is -0.839. The number of amides is 3. The lowest BCUT2D eigenvalue weighted by Crippen LogP contribution is -2.54. The molecule has 150 valence electrons. The number of hydrogen-bond acceptors (Lipinski definition) is 5. The number of benzene rings is 2. The Labute approximate surface area is 182 Å². The molecule has 2 aromatic carbocycles. The van der Waals surface area contributed by atoms with Crippen molar-refractivity contribution < 1.29 is 14.4 Å². The molecule has 2 heterocycles. The zero-order valence-corrected chi connectivity index (χ0v) is 17.3. The van der Waals surface area contributed by atoms with E-state index in [1.807, 2.05) is 6.07 Å². The molecule has 7 nitrogen and oxygen atoms in total. The second kappa shape index (κ2) is 7.81. The number of nitrogens with zero attached hydrogens (tertiary/aromatic N) is 3. The van der Waals surface area contributed by atoms with Crippen LogP contribution in [-0.4, -0.2) is 28.5 Å². The van der Waals surface area contributed by atoms with Crippen LogP contribution in [0.1, 0.15) is 6.92 Å². The van der Waals surface area contributed by atoms with Crippen LogP contribution in [0, 0.1) is 5.92 Å². The van der Waals surface area contributed by atoms with E-state index >= 15 is 0 Å². The zero-order valence-electron chi connectivity index (χ0n) is 15.7. The highest BCUT2D eigenvalue weighted by Crippen LogP contribution is 2.27. The monoisotopic (exact) mass is 438 g/mol. The number of carbonyl (C=O) groups is 3. The molecule has 1 fully saturated rings. The van der Waals surface area contributed by atoms with Gasteiger partial charge in [-0.1, -0.05) is 29.8 Å². The molecule has 2 aliphatic rings. The lowest BCUT2D eigenvalue weighted by Gasteiger charge is -2.29. The van der Waals surface area contributed by atoms with Crippen molar-refractivity contribution in [2.24, 2.45) is 11.0 Å². The number of halogens is 1. The number of rotatable bonds is 3. The van der Waals surface area contributed by atoms with Crippen LogP contribution in [-0.2, 0) is 14.4 Å².